The third-order valence-corrected chi connectivity index (χ3v) is 2.92. The molecule has 1 atom stereocenters. The number of pyridine rings is 1. The van der Waals surface area contributed by atoms with E-state index in [1.54, 1.807) is 24.3 Å². The lowest BCUT2D eigenvalue weighted by atomic mass is 10.2. The summed E-state index contributed by atoms with van der Waals surface area (Å²) >= 11 is 0. The molecule has 1 amide bonds. The molecule has 0 bridgehead atoms. The molecule has 1 fully saturated rings. The molecule has 1 aromatic heterocycles. The Hall–Kier alpha value is -2.02. The number of nitrogens with zero attached hydrogens (tertiary/aromatic N) is 2. The molecule has 2 rings (SSSR count). The molecule has 7 heteroatoms. The monoisotopic (exact) mass is 267 g/mol. The van der Waals surface area contributed by atoms with Crippen LogP contribution in [0, 0.1) is 0 Å². The summed E-state index contributed by atoms with van der Waals surface area (Å²) in [5.41, 5.74) is 6.11. The van der Waals surface area contributed by atoms with Crippen LogP contribution in [0.15, 0.2) is 12.3 Å². The van der Waals surface area contributed by atoms with Crippen molar-refractivity contribution in [3.05, 3.63) is 18.0 Å². The summed E-state index contributed by atoms with van der Waals surface area (Å²) in [4.78, 5) is 17.4. The topological polar surface area (TPSA) is 86.9 Å². The van der Waals surface area contributed by atoms with E-state index in [1.807, 2.05) is 0 Å². The van der Waals surface area contributed by atoms with Gasteiger partial charge < -0.3 is 19.9 Å². The first-order chi connectivity index (χ1) is 9.19. The van der Waals surface area contributed by atoms with Crippen LogP contribution in [-0.2, 0) is 11.3 Å². The number of cyclic esters (lactones) is 1. The molecular weight excluding hydrogens is 250 g/mol. The van der Waals surface area contributed by atoms with Crippen molar-refractivity contribution in [2.24, 2.45) is 5.73 Å². The van der Waals surface area contributed by atoms with Crippen molar-refractivity contribution in [2.45, 2.75) is 12.6 Å². The van der Waals surface area contributed by atoms with Gasteiger partial charge in [0.25, 0.3) is 0 Å². The molecule has 1 saturated heterocycles. The number of hydrogen-bond donors (Lipinski definition) is 1. The van der Waals surface area contributed by atoms with Gasteiger partial charge in [-0.25, -0.2) is 4.79 Å². The summed E-state index contributed by atoms with van der Waals surface area (Å²) < 4.78 is 15.6. The quantitative estimate of drug-likeness (QED) is 0.829. The van der Waals surface area contributed by atoms with E-state index in [2.05, 4.69) is 4.98 Å². The average molecular weight is 267 g/mol. The van der Waals surface area contributed by atoms with Crippen molar-refractivity contribution in [3.8, 4) is 11.5 Å². The number of carbonyl (C=O) groups is 1. The highest BCUT2D eigenvalue weighted by Crippen LogP contribution is 2.30. The zero-order valence-corrected chi connectivity index (χ0v) is 11.0. The summed E-state index contributed by atoms with van der Waals surface area (Å²) in [5.74, 6) is 1.10. The van der Waals surface area contributed by atoms with Crippen LogP contribution in [0.4, 0.5) is 4.79 Å². The number of carbonyl (C=O) groups excluding carboxylic acids is 1. The predicted octanol–water partition coefficient (Wildman–Crippen LogP) is 0.378. The fourth-order valence-electron chi connectivity index (χ4n) is 1.97. The lowest BCUT2D eigenvalue weighted by Gasteiger charge is -2.16. The van der Waals surface area contributed by atoms with E-state index >= 15 is 0 Å². The second-order valence-electron chi connectivity index (χ2n) is 4.12. The van der Waals surface area contributed by atoms with Crippen LogP contribution in [0.1, 0.15) is 5.69 Å². The summed E-state index contributed by atoms with van der Waals surface area (Å²) in [6.45, 7) is 1.07. The summed E-state index contributed by atoms with van der Waals surface area (Å²) in [6, 6.07) is 1.70. The number of ether oxygens (including phenoxy) is 3. The summed E-state index contributed by atoms with van der Waals surface area (Å²) in [6.07, 6.45) is 0.963. The van der Waals surface area contributed by atoms with Crippen molar-refractivity contribution in [1.29, 1.82) is 0 Å². The summed E-state index contributed by atoms with van der Waals surface area (Å²) in [5, 5.41) is 0. The molecule has 1 unspecified atom stereocenters. The Labute approximate surface area is 111 Å². The van der Waals surface area contributed by atoms with Crippen LogP contribution in [0.5, 0.6) is 11.5 Å². The maximum Gasteiger partial charge on any atom is 0.410 e. The molecule has 1 aliphatic rings. The van der Waals surface area contributed by atoms with E-state index in [-0.39, 0.29) is 12.2 Å². The highest BCUT2D eigenvalue weighted by Gasteiger charge is 2.31. The molecule has 1 aliphatic heterocycles. The van der Waals surface area contributed by atoms with Crippen molar-refractivity contribution < 1.29 is 19.0 Å². The molecule has 19 heavy (non-hydrogen) atoms. The Morgan fingerprint density at radius 3 is 2.89 bits per heavy atom. The van der Waals surface area contributed by atoms with Gasteiger partial charge in [-0.2, -0.15) is 0 Å². The van der Waals surface area contributed by atoms with E-state index in [9.17, 15) is 4.79 Å². The van der Waals surface area contributed by atoms with Crippen LogP contribution in [-0.4, -0.2) is 49.4 Å². The molecule has 0 saturated carbocycles. The molecule has 2 heterocycles. The van der Waals surface area contributed by atoms with Crippen LogP contribution < -0.4 is 15.2 Å². The first-order valence-corrected chi connectivity index (χ1v) is 5.91. The van der Waals surface area contributed by atoms with Crippen molar-refractivity contribution in [1.82, 2.24) is 9.88 Å². The van der Waals surface area contributed by atoms with Gasteiger partial charge in [-0.3, -0.25) is 9.88 Å². The van der Waals surface area contributed by atoms with Gasteiger partial charge in [0.05, 0.1) is 27.3 Å². The van der Waals surface area contributed by atoms with Gasteiger partial charge in [0.1, 0.15) is 11.8 Å². The van der Waals surface area contributed by atoms with Crippen molar-refractivity contribution in [3.63, 3.8) is 0 Å². The number of nitrogens with two attached hydrogens (primary N) is 1. The summed E-state index contributed by atoms with van der Waals surface area (Å²) in [7, 11) is 3.09. The highest BCUT2D eigenvalue weighted by molar-refractivity contribution is 5.70. The molecule has 1 aromatic rings. The number of aromatic nitrogens is 1. The predicted molar refractivity (Wildman–Crippen MR) is 67.1 cm³/mol. The molecule has 0 spiro atoms. The van der Waals surface area contributed by atoms with Gasteiger partial charge in [0, 0.05) is 18.8 Å². The maximum atomic E-state index is 11.7. The third kappa shape index (κ3) is 2.70. The lowest BCUT2D eigenvalue weighted by Crippen LogP contribution is -2.27. The van der Waals surface area contributed by atoms with Gasteiger partial charge in [0.2, 0.25) is 0 Å². The van der Waals surface area contributed by atoms with Crippen LogP contribution >= 0.6 is 0 Å². The highest BCUT2D eigenvalue weighted by atomic mass is 16.6. The molecule has 2 N–H and O–H groups in total. The number of methoxy groups -OCH3 is 2. The minimum atomic E-state index is -0.387. The second kappa shape index (κ2) is 5.75. The van der Waals surface area contributed by atoms with Crippen LogP contribution in [0.2, 0.25) is 0 Å². The Kier molecular flexibility index (Phi) is 4.06. The fraction of sp³-hybridized carbons (Fsp3) is 0.500. The van der Waals surface area contributed by atoms with Crippen LogP contribution in [0.25, 0.3) is 0 Å². The maximum absolute atomic E-state index is 11.7. The standard InChI is InChI=1S/C12H17N3O4/c1-17-10-3-4-14-9(11(10)18-2)7-15-6-8(5-13)19-12(15)16/h3-4,8H,5-7,13H2,1-2H3. The first kappa shape index (κ1) is 13.4. The van der Waals surface area contributed by atoms with E-state index in [0.717, 1.165) is 0 Å². The van der Waals surface area contributed by atoms with E-state index in [0.29, 0.717) is 36.8 Å². The number of amides is 1. The SMILES string of the molecule is COc1ccnc(CN2CC(CN)OC2=O)c1OC. The second-order valence-corrected chi connectivity index (χ2v) is 4.12. The number of hydrogen-bond acceptors (Lipinski definition) is 6. The zero-order valence-electron chi connectivity index (χ0n) is 11.0. The number of rotatable bonds is 5. The van der Waals surface area contributed by atoms with Gasteiger partial charge in [-0.1, -0.05) is 0 Å². The molecule has 0 radical (unpaired) electrons. The molecular formula is C12H17N3O4. The van der Waals surface area contributed by atoms with Crippen molar-refractivity contribution >= 4 is 6.09 Å². The van der Waals surface area contributed by atoms with E-state index in [4.69, 9.17) is 19.9 Å². The van der Waals surface area contributed by atoms with Gasteiger partial charge in [-0.05, 0) is 0 Å². The average Bonchev–Trinajstić information content (AvgIpc) is 2.79. The molecule has 0 aromatic carbocycles. The third-order valence-electron chi connectivity index (χ3n) is 2.92. The van der Waals surface area contributed by atoms with Crippen molar-refractivity contribution in [2.75, 3.05) is 27.3 Å². The Morgan fingerprint density at radius 2 is 2.32 bits per heavy atom. The van der Waals surface area contributed by atoms with Gasteiger partial charge in [0.15, 0.2) is 11.5 Å². The lowest BCUT2D eigenvalue weighted by molar-refractivity contribution is 0.134. The fourth-order valence-corrected chi connectivity index (χ4v) is 1.97. The normalized spacial score (nSPS) is 18.4. The molecule has 104 valence electrons. The minimum absolute atomic E-state index is 0.260. The van der Waals surface area contributed by atoms with E-state index in [1.165, 1.54) is 7.11 Å². The Bertz CT molecular complexity index is 466. The zero-order chi connectivity index (χ0) is 13.8. The van der Waals surface area contributed by atoms with Gasteiger partial charge >= 0.3 is 6.09 Å². The van der Waals surface area contributed by atoms with Gasteiger partial charge in [-0.15, -0.1) is 0 Å². The Balaban J connectivity index is 2.17. The largest absolute Gasteiger partial charge is 0.493 e. The minimum Gasteiger partial charge on any atom is -0.493 e. The molecule has 0 aliphatic carbocycles. The van der Waals surface area contributed by atoms with E-state index < -0.39 is 0 Å². The molecule has 7 nitrogen and oxygen atoms in total. The Morgan fingerprint density at radius 1 is 1.53 bits per heavy atom. The van der Waals surface area contributed by atoms with Crippen LogP contribution in [0.3, 0.4) is 0 Å². The smallest absolute Gasteiger partial charge is 0.410 e. The first-order valence-electron chi connectivity index (χ1n) is 5.91.